The van der Waals surface area contributed by atoms with Crippen molar-refractivity contribution in [3.8, 4) is 0 Å². The van der Waals surface area contributed by atoms with Gasteiger partial charge in [-0.1, -0.05) is 46.0 Å². The van der Waals surface area contributed by atoms with Crippen LogP contribution in [0.4, 0.5) is 0 Å². The van der Waals surface area contributed by atoms with Crippen molar-refractivity contribution in [1.82, 2.24) is 4.98 Å². The van der Waals surface area contributed by atoms with Gasteiger partial charge in [-0.25, -0.2) is 4.98 Å². The highest BCUT2D eigenvalue weighted by Crippen LogP contribution is 2.29. The quantitative estimate of drug-likeness (QED) is 0.585. The SMILES string of the molecule is CCCCCCCC(CC)c1oc(C)nc1C. The Morgan fingerprint density at radius 2 is 1.76 bits per heavy atom. The molecule has 2 nitrogen and oxygen atoms in total. The van der Waals surface area contributed by atoms with E-state index in [-0.39, 0.29) is 0 Å². The Morgan fingerprint density at radius 1 is 1.06 bits per heavy atom. The van der Waals surface area contributed by atoms with Gasteiger partial charge in [0.25, 0.3) is 0 Å². The molecule has 98 valence electrons. The van der Waals surface area contributed by atoms with Gasteiger partial charge in [0, 0.05) is 12.8 Å². The minimum Gasteiger partial charge on any atom is -0.445 e. The minimum absolute atomic E-state index is 0.567. The molecule has 1 heterocycles. The van der Waals surface area contributed by atoms with Crippen molar-refractivity contribution in [2.24, 2.45) is 0 Å². The summed E-state index contributed by atoms with van der Waals surface area (Å²) in [7, 11) is 0. The molecule has 1 atom stereocenters. The number of oxazole rings is 1. The molecule has 1 aromatic heterocycles. The molecule has 0 fully saturated rings. The van der Waals surface area contributed by atoms with Crippen LogP contribution in [0.2, 0.25) is 0 Å². The van der Waals surface area contributed by atoms with E-state index in [2.05, 4.69) is 25.8 Å². The minimum atomic E-state index is 0.567. The molecule has 1 rings (SSSR count). The number of hydrogen-bond donors (Lipinski definition) is 0. The van der Waals surface area contributed by atoms with Gasteiger partial charge in [-0.15, -0.1) is 0 Å². The molecule has 17 heavy (non-hydrogen) atoms. The zero-order valence-corrected chi connectivity index (χ0v) is 11.9. The molecule has 0 saturated carbocycles. The lowest BCUT2D eigenvalue weighted by atomic mass is 9.94. The lowest BCUT2D eigenvalue weighted by molar-refractivity contribution is 0.407. The maximum atomic E-state index is 5.73. The molecule has 0 spiro atoms. The smallest absolute Gasteiger partial charge is 0.191 e. The molecule has 0 radical (unpaired) electrons. The summed E-state index contributed by atoms with van der Waals surface area (Å²) in [4.78, 5) is 4.37. The van der Waals surface area contributed by atoms with Gasteiger partial charge in [-0.2, -0.15) is 0 Å². The van der Waals surface area contributed by atoms with E-state index in [1.54, 1.807) is 0 Å². The van der Waals surface area contributed by atoms with E-state index in [9.17, 15) is 0 Å². The molecule has 0 N–H and O–H groups in total. The van der Waals surface area contributed by atoms with E-state index in [0.717, 1.165) is 23.8 Å². The fraction of sp³-hybridized carbons (Fsp3) is 0.800. The number of nitrogens with zero attached hydrogens (tertiary/aromatic N) is 1. The molecule has 1 unspecified atom stereocenters. The maximum Gasteiger partial charge on any atom is 0.191 e. The van der Waals surface area contributed by atoms with Crippen molar-refractivity contribution in [2.45, 2.75) is 78.6 Å². The Hall–Kier alpha value is -0.790. The van der Waals surface area contributed by atoms with Crippen LogP contribution in [-0.4, -0.2) is 4.98 Å². The standard InChI is InChI=1S/C15H27NO/c1-5-7-8-9-10-11-14(6-2)15-12(3)16-13(4)17-15/h14H,5-11H2,1-4H3. The van der Waals surface area contributed by atoms with Gasteiger partial charge in [0.2, 0.25) is 0 Å². The molecule has 0 saturated heterocycles. The third-order valence-electron chi connectivity index (χ3n) is 3.46. The zero-order chi connectivity index (χ0) is 12.7. The molecule has 0 aliphatic heterocycles. The summed E-state index contributed by atoms with van der Waals surface area (Å²) in [5, 5.41) is 0. The fourth-order valence-electron chi connectivity index (χ4n) is 2.44. The van der Waals surface area contributed by atoms with E-state index >= 15 is 0 Å². The lowest BCUT2D eigenvalue weighted by Crippen LogP contribution is -1.98. The van der Waals surface area contributed by atoms with Crippen molar-refractivity contribution in [2.75, 3.05) is 0 Å². The van der Waals surface area contributed by atoms with Gasteiger partial charge in [-0.3, -0.25) is 0 Å². The fourth-order valence-corrected chi connectivity index (χ4v) is 2.44. The first kappa shape index (κ1) is 14.3. The summed E-state index contributed by atoms with van der Waals surface area (Å²) in [5.74, 6) is 2.50. The Kier molecular flexibility index (Phi) is 6.31. The lowest BCUT2D eigenvalue weighted by Gasteiger charge is -2.12. The van der Waals surface area contributed by atoms with Gasteiger partial charge in [0.1, 0.15) is 5.76 Å². The second-order valence-corrected chi connectivity index (χ2v) is 4.99. The summed E-state index contributed by atoms with van der Waals surface area (Å²) >= 11 is 0. The predicted molar refractivity (Wildman–Crippen MR) is 72.4 cm³/mol. The van der Waals surface area contributed by atoms with Crippen molar-refractivity contribution in [3.05, 3.63) is 17.3 Å². The van der Waals surface area contributed by atoms with Crippen LogP contribution in [0.25, 0.3) is 0 Å². The third kappa shape index (κ3) is 4.53. The first-order chi connectivity index (χ1) is 8.19. The van der Waals surface area contributed by atoms with Gasteiger partial charge >= 0.3 is 0 Å². The first-order valence-electron chi connectivity index (χ1n) is 7.12. The zero-order valence-electron chi connectivity index (χ0n) is 11.9. The van der Waals surface area contributed by atoms with Crippen LogP contribution in [0.5, 0.6) is 0 Å². The van der Waals surface area contributed by atoms with Crippen LogP contribution in [0, 0.1) is 13.8 Å². The van der Waals surface area contributed by atoms with E-state index in [1.807, 2.05) is 6.92 Å². The Bertz CT molecular complexity index is 317. The van der Waals surface area contributed by atoms with Crippen molar-refractivity contribution < 1.29 is 4.42 Å². The van der Waals surface area contributed by atoms with Gasteiger partial charge < -0.3 is 4.42 Å². The largest absolute Gasteiger partial charge is 0.445 e. The molecule has 0 bridgehead atoms. The van der Waals surface area contributed by atoms with Gasteiger partial charge in [0.05, 0.1) is 5.69 Å². The molecule has 1 aromatic rings. The van der Waals surface area contributed by atoms with Gasteiger partial charge in [-0.05, 0) is 19.8 Å². The van der Waals surface area contributed by atoms with Crippen molar-refractivity contribution >= 4 is 0 Å². The predicted octanol–water partition coefficient (Wildman–Crippen LogP) is 5.15. The number of aryl methyl sites for hydroxylation is 2. The number of unbranched alkanes of at least 4 members (excludes halogenated alkanes) is 4. The van der Waals surface area contributed by atoms with Gasteiger partial charge in [0.15, 0.2) is 5.89 Å². The van der Waals surface area contributed by atoms with E-state index in [0.29, 0.717) is 5.92 Å². The van der Waals surface area contributed by atoms with Crippen LogP contribution in [0.3, 0.4) is 0 Å². The van der Waals surface area contributed by atoms with Crippen LogP contribution < -0.4 is 0 Å². The summed E-state index contributed by atoms with van der Waals surface area (Å²) in [6.07, 6.45) is 9.14. The number of hydrogen-bond acceptors (Lipinski definition) is 2. The van der Waals surface area contributed by atoms with Crippen molar-refractivity contribution in [3.63, 3.8) is 0 Å². The van der Waals surface area contributed by atoms with Crippen molar-refractivity contribution in [1.29, 1.82) is 0 Å². The molecule has 2 heteroatoms. The highest BCUT2D eigenvalue weighted by atomic mass is 16.4. The Labute approximate surface area is 106 Å². The van der Waals surface area contributed by atoms with E-state index in [4.69, 9.17) is 4.42 Å². The Balaban J connectivity index is 2.40. The normalized spacial score (nSPS) is 12.9. The molecule has 0 aliphatic rings. The van der Waals surface area contributed by atoms with Crippen LogP contribution in [0.1, 0.15) is 82.1 Å². The van der Waals surface area contributed by atoms with E-state index < -0.39 is 0 Å². The molecule has 0 amide bonds. The van der Waals surface area contributed by atoms with E-state index in [1.165, 1.54) is 38.5 Å². The molecular weight excluding hydrogens is 210 g/mol. The average molecular weight is 237 g/mol. The Morgan fingerprint density at radius 3 is 2.29 bits per heavy atom. The third-order valence-corrected chi connectivity index (χ3v) is 3.46. The highest BCUT2D eigenvalue weighted by molar-refractivity contribution is 5.12. The molecular formula is C15H27NO. The average Bonchev–Trinajstić information content (AvgIpc) is 2.63. The first-order valence-corrected chi connectivity index (χ1v) is 7.12. The number of rotatable bonds is 8. The maximum absolute atomic E-state index is 5.73. The summed E-state index contributed by atoms with van der Waals surface area (Å²) in [6.45, 7) is 8.50. The summed E-state index contributed by atoms with van der Waals surface area (Å²) < 4.78 is 5.73. The second kappa shape index (κ2) is 7.52. The van der Waals surface area contributed by atoms with Crippen LogP contribution >= 0.6 is 0 Å². The molecule has 0 aliphatic carbocycles. The van der Waals surface area contributed by atoms with Crippen LogP contribution in [0.15, 0.2) is 4.42 Å². The second-order valence-electron chi connectivity index (χ2n) is 4.99. The summed E-state index contributed by atoms with van der Waals surface area (Å²) in [6, 6.07) is 0. The van der Waals surface area contributed by atoms with Crippen LogP contribution in [-0.2, 0) is 0 Å². The topological polar surface area (TPSA) is 26.0 Å². The summed E-state index contributed by atoms with van der Waals surface area (Å²) in [5.41, 5.74) is 1.09. The monoisotopic (exact) mass is 237 g/mol. The molecule has 0 aromatic carbocycles. The highest BCUT2D eigenvalue weighted by Gasteiger charge is 2.17. The number of aromatic nitrogens is 1.